The van der Waals surface area contributed by atoms with E-state index in [1.165, 1.54) is 0 Å². The second-order valence-corrected chi connectivity index (χ2v) is 7.91. The number of amides is 1. The number of aromatic nitrogens is 1. The highest BCUT2D eigenvalue weighted by atomic mass is 16.5. The van der Waals surface area contributed by atoms with Gasteiger partial charge < -0.3 is 9.64 Å². The highest BCUT2D eigenvalue weighted by Crippen LogP contribution is 2.29. The highest BCUT2D eigenvalue weighted by Gasteiger charge is 2.35. The molecule has 3 aromatic rings. The third-order valence-electron chi connectivity index (χ3n) is 6.03. The number of carbonyl (C=O) groups is 1. The Morgan fingerprint density at radius 3 is 2.52 bits per heavy atom. The SMILES string of the molecule is Cc1ccc2c(-c3ccc(C(=O)N4CC(N5CCOCC5)C4)cc3)cccc2n1. The summed E-state index contributed by atoms with van der Waals surface area (Å²) in [6, 6.07) is 18.8. The monoisotopic (exact) mass is 387 g/mol. The number of hydrogen-bond acceptors (Lipinski definition) is 4. The van der Waals surface area contributed by atoms with E-state index >= 15 is 0 Å². The van der Waals surface area contributed by atoms with Gasteiger partial charge >= 0.3 is 0 Å². The Hall–Kier alpha value is -2.76. The minimum atomic E-state index is 0.122. The number of ether oxygens (including phenoxy) is 1. The Labute approximate surface area is 170 Å². The molecule has 5 nitrogen and oxygen atoms in total. The van der Waals surface area contributed by atoms with E-state index in [-0.39, 0.29) is 5.91 Å². The van der Waals surface area contributed by atoms with Crippen LogP contribution in [0.5, 0.6) is 0 Å². The van der Waals surface area contributed by atoms with Crippen LogP contribution in [0.4, 0.5) is 0 Å². The van der Waals surface area contributed by atoms with Gasteiger partial charge in [0.2, 0.25) is 0 Å². The number of morpholine rings is 1. The van der Waals surface area contributed by atoms with Gasteiger partial charge in [-0.15, -0.1) is 0 Å². The Kier molecular flexibility index (Phi) is 4.78. The van der Waals surface area contributed by atoms with Crippen molar-refractivity contribution < 1.29 is 9.53 Å². The predicted molar refractivity (Wildman–Crippen MR) is 114 cm³/mol. The zero-order valence-electron chi connectivity index (χ0n) is 16.7. The van der Waals surface area contributed by atoms with Crippen molar-refractivity contribution in [3.63, 3.8) is 0 Å². The Balaban J connectivity index is 1.30. The number of likely N-dealkylation sites (tertiary alicyclic amines) is 1. The van der Waals surface area contributed by atoms with Crippen LogP contribution in [-0.4, -0.2) is 66.1 Å². The summed E-state index contributed by atoms with van der Waals surface area (Å²) in [5.74, 6) is 0.122. The molecule has 2 aliphatic heterocycles. The largest absolute Gasteiger partial charge is 0.379 e. The van der Waals surface area contributed by atoms with Gasteiger partial charge in [0.05, 0.1) is 18.7 Å². The van der Waals surface area contributed by atoms with Crippen LogP contribution >= 0.6 is 0 Å². The van der Waals surface area contributed by atoms with Gasteiger partial charge in [0.1, 0.15) is 0 Å². The van der Waals surface area contributed by atoms with E-state index in [0.29, 0.717) is 6.04 Å². The Bertz CT molecular complexity index is 1040. The van der Waals surface area contributed by atoms with Crippen molar-refractivity contribution in [2.45, 2.75) is 13.0 Å². The molecule has 3 heterocycles. The summed E-state index contributed by atoms with van der Waals surface area (Å²) >= 11 is 0. The highest BCUT2D eigenvalue weighted by molar-refractivity contribution is 5.97. The first-order chi connectivity index (χ1) is 14.2. The summed E-state index contributed by atoms with van der Waals surface area (Å²) in [6.45, 7) is 7.18. The third kappa shape index (κ3) is 3.52. The van der Waals surface area contributed by atoms with Crippen molar-refractivity contribution in [1.29, 1.82) is 0 Å². The van der Waals surface area contributed by atoms with Crippen LogP contribution < -0.4 is 0 Å². The number of hydrogen-bond donors (Lipinski definition) is 0. The van der Waals surface area contributed by atoms with Crippen molar-refractivity contribution in [3.05, 3.63) is 65.9 Å². The minimum absolute atomic E-state index is 0.122. The molecule has 5 heteroatoms. The molecule has 2 aromatic carbocycles. The maximum Gasteiger partial charge on any atom is 0.253 e. The molecule has 1 aromatic heterocycles. The van der Waals surface area contributed by atoms with Gasteiger partial charge in [0.15, 0.2) is 0 Å². The first kappa shape index (κ1) is 18.3. The molecule has 0 aliphatic carbocycles. The molecular weight excluding hydrogens is 362 g/mol. The van der Waals surface area contributed by atoms with Crippen molar-refractivity contribution in [2.24, 2.45) is 0 Å². The lowest BCUT2D eigenvalue weighted by molar-refractivity contribution is -0.0256. The van der Waals surface area contributed by atoms with E-state index in [1.807, 2.05) is 54.3 Å². The zero-order chi connectivity index (χ0) is 19.8. The minimum Gasteiger partial charge on any atom is -0.379 e. The van der Waals surface area contributed by atoms with E-state index in [9.17, 15) is 4.79 Å². The summed E-state index contributed by atoms with van der Waals surface area (Å²) in [5.41, 5.74) is 5.01. The normalized spacial score (nSPS) is 18.0. The predicted octanol–water partition coefficient (Wildman–Crippen LogP) is 3.37. The van der Waals surface area contributed by atoms with E-state index in [2.05, 4.69) is 22.0 Å². The van der Waals surface area contributed by atoms with Crippen LogP contribution in [0.1, 0.15) is 16.1 Å². The van der Waals surface area contributed by atoms with E-state index < -0.39 is 0 Å². The van der Waals surface area contributed by atoms with E-state index in [0.717, 1.165) is 72.7 Å². The molecule has 5 rings (SSSR count). The van der Waals surface area contributed by atoms with Gasteiger partial charge in [-0.3, -0.25) is 14.7 Å². The Morgan fingerprint density at radius 2 is 1.76 bits per heavy atom. The van der Waals surface area contributed by atoms with Crippen LogP contribution in [0, 0.1) is 6.92 Å². The average molecular weight is 387 g/mol. The average Bonchev–Trinajstić information content (AvgIpc) is 2.73. The summed E-state index contributed by atoms with van der Waals surface area (Å²) in [6.07, 6.45) is 0. The van der Waals surface area contributed by atoms with Crippen molar-refractivity contribution in [1.82, 2.24) is 14.8 Å². The Morgan fingerprint density at radius 1 is 1.00 bits per heavy atom. The molecule has 2 saturated heterocycles. The molecular formula is C24H25N3O2. The second kappa shape index (κ2) is 7.58. The molecule has 2 fully saturated rings. The third-order valence-corrected chi connectivity index (χ3v) is 6.03. The second-order valence-electron chi connectivity index (χ2n) is 7.91. The van der Waals surface area contributed by atoms with Crippen LogP contribution in [0.2, 0.25) is 0 Å². The molecule has 0 radical (unpaired) electrons. The fourth-order valence-corrected chi connectivity index (χ4v) is 4.28. The van der Waals surface area contributed by atoms with Crippen LogP contribution in [0.25, 0.3) is 22.0 Å². The van der Waals surface area contributed by atoms with Gasteiger partial charge in [-0.2, -0.15) is 0 Å². The fourth-order valence-electron chi connectivity index (χ4n) is 4.28. The number of aryl methyl sites for hydroxylation is 1. The summed E-state index contributed by atoms with van der Waals surface area (Å²) in [5, 5.41) is 1.13. The quantitative estimate of drug-likeness (QED) is 0.691. The van der Waals surface area contributed by atoms with Crippen molar-refractivity contribution >= 4 is 16.8 Å². The molecule has 2 aliphatic rings. The molecule has 1 amide bonds. The number of rotatable bonds is 3. The fraction of sp³-hybridized carbons (Fsp3) is 0.333. The van der Waals surface area contributed by atoms with E-state index in [4.69, 9.17) is 4.74 Å². The number of nitrogens with zero attached hydrogens (tertiary/aromatic N) is 3. The first-order valence-electron chi connectivity index (χ1n) is 10.3. The van der Waals surface area contributed by atoms with Gasteiger partial charge in [-0.05, 0) is 42.3 Å². The number of benzene rings is 2. The van der Waals surface area contributed by atoms with E-state index in [1.54, 1.807) is 0 Å². The lowest BCUT2D eigenvalue weighted by atomic mass is 9.98. The number of carbonyl (C=O) groups excluding carboxylic acids is 1. The van der Waals surface area contributed by atoms with Crippen LogP contribution in [0.15, 0.2) is 54.6 Å². The molecule has 0 bridgehead atoms. The summed E-state index contributed by atoms with van der Waals surface area (Å²) in [7, 11) is 0. The van der Waals surface area contributed by atoms with Crippen molar-refractivity contribution in [3.8, 4) is 11.1 Å². The molecule has 0 N–H and O–H groups in total. The number of fused-ring (bicyclic) bond motifs is 1. The molecule has 0 atom stereocenters. The maximum atomic E-state index is 12.8. The summed E-state index contributed by atoms with van der Waals surface area (Å²) < 4.78 is 5.42. The molecule has 0 saturated carbocycles. The molecule has 148 valence electrons. The van der Waals surface area contributed by atoms with Gasteiger partial charge in [0, 0.05) is 48.9 Å². The lowest BCUT2D eigenvalue weighted by Gasteiger charge is -2.46. The van der Waals surface area contributed by atoms with Crippen molar-refractivity contribution in [2.75, 3.05) is 39.4 Å². The zero-order valence-corrected chi connectivity index (χ0v) is 16.7. The standard InChI is InChI=1S/C24H25N3O2/c1-17-5-10-22-21(3-2-4-23(22)25-17)18-6-8-19(9-7-18)24(28)27-15-20(16-27)26-11-13-29-14-12-26/h2-10,20H,11-16H2,1H3. The molecule has 0 spiro atoms. The lowest BCUT2D eigenvalue weighted by Crippen LogP contribution is -2.62. The first-order valence-corrected chi connectivity index (χ1v) is 10.3. The van der Waals surface area contributed by atoms with Crippen LogP contribution in [-0.2, 0) is 4.74 Å². The van der Waals surface area contributed by atoms with Gasteiger partial charge in [0.25, 0.3) is 5.91 Å². The van der Waals surface area contributed by atoms with Crippen LogP contribution in [0.3, 0.4) is 0 Å². The summed E-state index contributed by atoms with van der Waals surface area (Å²) in [4.78, 5) is 21.8. The van der Waals surface area contributed by atoms with Gasteiger partial charge in [-0.25, -0.2) is 0 Å². The smallest absolute Gasteiger partial charge is 0.253 e. The number of pyridine rings is 1. The van der Waals surface area contributed by atoms with Gasteiger partial charge in [-0.1, -0.05) is 30.3 Å². The topological polar surface area (TPSA) is 45.7 Å². The molecule has 29 heavy (non-hydrogen) atoms. The maximum absolute atomic E-state index is 12.8. The molecule has 0 unspecified atom stereocenters.